The van der Waals surface area contributed by atoms with Crippen LogP contribution in [0.3, 0.4) is 0 Å². The minimum atomic E-state index is -0.378. The van der Waals surface area contributed by atoms with Crippen molar-refractivity contribution in [1.29, 1.82) is 0 Å². The Kier molecular flexibility index (Phi) is 2.50. The quantitative estimate of drug-likeness (QED) is 0.539. The van der Waals surface area contributed by atoms with Crippen molar-refractivity contribution in [2.24, 2.45) is 5.92 Å². The van der Waals surface area contributed by atoms with Crippen LogP contribution in [0.1, 0.15) is 34.8 Å². The third kappa shape index (κ3) is 1.50. The molecule has 0 amide bonds. The molecule has 4 nitrogen and oxygen atoms in total. The van der Waals surface area contributed by atoms with Crippen LogP contribution in [-0.4, -0.2) is 10.7 Å². The number of nitro benzene ring substituents is 1. The molecule has 1 aliphatic rings. The lowest BCUT2D eigenvalue weighted by Gasteiger charge is -2.20. The smallest absolute Gasteiger partial charge is 0.276 e. The van der Waals surface area contributed by atoms with Crippen molar-refractivity contribution >= 4 is 11.5 Å². The van der Waals surface area contributed by atoms with Gasteiger partial charge in [-0.1, -0.05) is 19.1 Å². The Morgan fingerprint density at radius 2 is 2.12 bits per heavy atom. The summed E-state index contributed by atoms with van der Waals surface area (Å²) in [5, 5.41) is 11.0. The van der Waals surface area contributed by atoms with E-state index >= 15 is 0 Å². The van der Waals surface area contributed by atoms with Gasteiger partial charge in [0, 0.05) is 22.6 Å². The molecule has 0 aromatic heterocycles. The second-order valence-corrected chi connectivity index (χ2v) is 4.32. The summed E-state index contributed by atoms with van der Waals surface area (Å²) in [5.41, 5.74) is 1.91. The zero-order valence-electron chi connectivity index (χ0n) is 9.32. The van der Waals surface area contributed by atoms with Crippen LogP contribution in [0.15, 0.2) is 12.1 Å². The zero-order valence-corrected chi connectivity index (χ0v) is 9.32. The van der Waals surface area contributed by atoms with Gasteiger partial charge < -0.3 is 0 Å². The molecule has 1 atom stereocenters. The lowest BCUT2D eigenvalue weighted by molar-refractivity contribution is -0.386. The molecule has 0 N–H and O–H groups in total. The van der Waals surface area contributed by atoms with Crippen molar-refractivity contribution in [3.05, 3.63) is 38.9 Å². The zero-order chi connectivity index (χ0) is 11.9. The summed E-state index contributed by atoms with van der Waals surface area (Å²) in [6.07, 6.45) is 1.33. The van der Waals surface area contributed by atoms with Crippen molar-refractivity contribution < 1.29 is 9.72 Å². The van der Waals surface area contributed by atoms with Gasteiger partial charge >= 0.3 is 0 Å². The molecular weight excluding hydrogens is 206 g/mol. The number of benzene rings is 1. The molecule has 0 saturated carbocycles. The van der Waals surface area contributed by atoms with E-state index in [4.69, 9.17) is 0 Å². The van der Waals surface area contributed by atoms with Crippen molar-refractivity contribution in [2.45, 2.75) is 26.7 Å². The summed E-state index contributed by atoms with van der Waals surface area (Å²) in [5.74, 6) is 0.0131. The Morgan fingerprint density at radius 1 is 1.44 bits per heavy atom. The van der Waals surface area contributed by atoms with Crippen LogP contribution >= 0.6 is 0 Å². The van der Waals surface area contributed by atoms with E-state index in [2.05, 4.69) is 0 Å². The molecule has 0 heterocycles. The van der Waals surface area contributed by atoms with E-state index < -0.39 is 0 Å². The van der Waals surface area contributed by atoms with Gasteiger partial charge in [0.25, 0.3) is 5.69 Å². The van der Waals surface area contributed by atoms with Crippen molar-refractivity contribution in [3.63, 3.8) is 0 Å². The van der Waals surface area contributed by atoms with E-state index in [-0.39, 0.29) is 22.3 Å². The lowest BCUT2D eigenvalue weighted by Crippen LogP contribution is -2.21. The molecule has 0 radical (unpaired) electrons. The summed E-state index contributed by atoms with van der Waals surface area (Å²) < 4.78 is 0. The van der Waals surface area contributed by atoms with E-state index in [0.717, 1.165) is 0 Å². The summed E-state index contributed by atoms with van der Waals surface area (Å²) >= 11 is 0. The number of carbonyl (C=O) groups is 1. The van der Waals surface area contributed by atoms with Crippen LogP contribution in [0.5, 0.6) is 0 Å². The Balaban J connectivity index is 2.66. The minimum Gasteiger partial charge on any atom is -0.294 e. The van der Waals surface area contributed by atoms with E-state index in [9.17, 15) is 14.9 Å². The number of fused-ring (bicyclic) bond motifs is 1. The molecule has 84 valence electrons. The molecule has 0 fully saturated rings. The van der Waals surface area contributed by atoms with Gasteiger partial charge in [-0.15, -0.1) is 0 Å². The molecule has 2 rings (SSSR count). The van der Waals surface area contributed by atoms with Gasteiger partial charge in [-0.2, -0.15) is 0 Å². The Morgan fingerprint density at radius 3 is 2.75 bits per heavy atom. The van der Waals surface area contributed by atoms with Crippen molar-refractivity contribution in [2.75, 3.05) is 0 Å². The second kappa shape index (κ2) is 3.70. The fourth-order valence-electron chi connectivity index (χ4n) is 2.25. The van der Waals surface area contributed by atoms with Gasteiger partial charge in [-0.25, -0.2) is 0 Å². The third-order valence-electron chi connectivity index (χ3n) is 3.21. The Hall–Kier alpha value is -1.71. The second-order valence-electron chi connectivity index (χ2n) is 4.32. The number of hydrogen-bond acceptors (Lipinski definition) is 3. The van der Waals surface area contributed by atoms with E-state index in [1.807, 2.05) is 6.92 Å². The van der Waals surface area contributed by atoms with Crippen molar-refractivity contribution in [3.8, 4) is 0 Å². The summed E-state index contributed by atoms with van der Waals surface area (Å²) in [7, 11) is 0. The number of hydrogen-bond donors (Lipinski definition) is 0. The van der Waals surface area contributed by atoms with E-state index in [0.29, 0.717) is 29.5 Å². The Bertz CT molecular complexity index is 479. The molecule has 0 saturated heterocycles. The normalized spacial score (nSPS) is 19.4. The van der Waals surface area contributed by atoms with Gasteiger partial charge in [-0.3, -0.25) is 14.9 Å². The topological polar surface area (TPSA) is 60.2 Å². The fraction of sp³-hybridized carbons (Fsp3) is 0.417. The molecule has 0 bridgehead atoms. The molecule has 1 aromatic rings. The van der Waals surface area contributed by atoms with Crippen LogP contribution in [0.2, 0.25) is 0 Å². The molecule has 16 heavy (non-hydrogen) atoms. The van der Waals surface area contributed by atoms with E-state index in [1.54, 1.807) is 19.1 Å². The summed E-state index contributed by atoms with van der Waals surface area (Å²) in [6.45, 7) is 3.58. The number of aryl methyl sites for hydroxylation is 1. The maximum absolute atomic E-state index is 11.9. The van der Waals surface area contributed by atoms with Crippen molar-refractivity contribution in [1.82, 2.24) is 0 Å². The molecule has 1 aromatic carbocycles. The first-order chi connectivity index (χ1) is 7.52. The van der Waals surface area contributed by atoms with Gasteiger partial charge in [0.2, 0.25) is 0 Å². The fourth-order valence-corrected chi connectivity index (χ4v) is 2.25. The van der Waals surface area contributed by atoms with Gasteiger partial charge in [-0.05, 0) is 19.8 Å². The number of nitro groups is 1. The molecule has 1 unspecified atom stereocenters. The molecule has 0 spiro atoms. The predicted molar refractivity (Wildman–Crippen MR) is 59.6 cm³/mol. The highest BCUT2D eigenvalue weighted by atomic mass is 16.6. The average Bonchev–Trinajstić information content (AvgIpc) is 2.22. The van der Waals surface area contributed by atoms with Crippen LogP contribution < -0.4 is 0 Å². The van der Waals surface area contributed by atoms with Crippen LogP contribution in [-0.2, 0) is 6.42 Å². The first-order valence-corrected chi connectivity index (χ1v) is 5.33. The number of nitrogens with zero attached hydrogens (tertiary/aromatic N) is 1. The van der Waals surface area contributed by atoms with Gasteiger partial charge in [0.15, 0.2) is 5.78 Å². The molecular formula is C12H13NO3. The predicted octanol–water partition coefficient (Wildman–Crippen LogP) is 2.67. The number of rotatable bonds is 1. The number of Topliss-reactive ketones (excluding diaryl/α,β-unsaturated/α-hetero) is 1. The Labute approximate surface area is 93.4 Å². The highest BCUT2D eigenvalue weighted by molar-refractivity contribution is 6.01. The first kappa shape index (κ1) is 10.8. The first-order valence-electron chi connectivity index (χ1n) is 5.33. The minimum absolute atomic E-state index is 0.0187. The third-order valence-corrected chi connectivity index (χ3v) is 3.21. The summed E-state index contributed by atoms with van der Waals surface area (Å²) in [6, 6.07) is 3.38. The summed E-state index contributed by atoms with van der Waals surface area (Å²) in [4.78, 5) is 22.5. The van der Waals surface area contributed by atoms with Crippen LogP contribution in [0.25, 0.3) is 0 Å². The van der Waals surface area contributed by atoms with Crippen LogP contribution in [0.4, 0.5) is 5.69 Å². The van der Waals surface area contributed by atoms with Gasteiger partial charge in [0.1, 0.15) is 0 Å². The highest BCUT2D eigenvalue weighted by Crippen LogP contribution is 2.33. The number of ketones is 1. The molecule has 0 aliphatic heterocycles. The highest BCUT2D eigenvalue weighted by Gasteiger charge is 2.30. The molecule has 4 heteroatoms. The lowest BCUT2D eigenvalue weighted by atomic mass is 9.82. The molecule has 1 aliphatic carbocycles. The number of carbonyl (C=O) groups excluding carboxylic acids is 1. The maximum atomic E-state index is 11.9. The SMILES string of the molecule is Cc1ccc2c(c1[N+](=O)[O-])CCC(C)C2=O. The maximum Gasteiger partial charge on any atom is 0.276 e. The monoisotopic (exact) mass is 219 g/mol. The average molecular weight is 219 g/mol. The van der Waals surface area contributed by atoms with Crippen LogP contribution in [0, 0.1) is 23.0 Å². The largest absolute Gasteiger partial charge is 0.294 e. The van der Waals surface area contributed by atoms with E-state index in [1.165, 1.54) is 0 Å². The van der Waals surface area contributed by atoms with Gasteiger partial charge in [0.05, 0.1) is 4.92 Å². The standard InChI is InChI=1S/C12H13NO3/c1-7-3-6-10-9(11(7)13(15)16)5-4-8(2)12(10)14/h3,6,8H,4-5H2,1-2H3.